The molecule has 1 aliphatic rings. The van der Waals surface area contributed by atoms with Crippen LogP contribution in [0.2, 0.25) is 5.02 Å². The van der Waals surface area contributed by atoms with Gasteiger partial charge in [0.05, 0.1) is 34.9 Å². The third-order valence-electron chi connectivity index (χ3n) is 6.34. The number of para-hydroxylation sites is 2. The van der Waals surface area contributed by atoms with Crippen LogP contribution in [-0.4, -0.2) is 24.2 Å². The van der Waals surface area contributed by atoms with Crippen LogP contribution in [0.25, 0.3) is 0 Å². The lowest BCUT2D eigenvalue weighted by molar-refractivity contribution is -0.114. The summed E-state index contributed by atoms with van der Waals surface area (Å²) in [6, 6.07) is 24.2. The summed E-state index contributed by atoms with van der Waals surface area (Å²) in [5.41, 5.74) is 4.04. The van der Waals surface area contributed by atoms with E-state index in [1.807, 2.05) is 56.3 Å². The number of hydrogen-bond acceptors (Lipinski definition) is 6. The monoisotopic (exact) mass is 572 g/mol. The molecule has 40 heavy (non-hydrogen) atoms. The molecule has 7 nitrogen and oxygen atoms in total. The summed E-state index contributed by atoms with van der Waals surface area (Å²) in [7, 11) is 0. The molecule has 1 atom stereocenters. The molecule has 0 saturated heterocycles. The summed E-state index contributed by atoms with van der Waals surface area (Å²) in [5.74, 6) is -0.668. The Bertz CT molecular complexity index is 1530. The summed E-state index contributed by atoms with van der Waals surface area (Å²) >= 11 is 7.39. The van der Waals surface area contributed by atoms with Gasteiger partial charge in [0.2, 0.25) is 5.91 Å². The van der Waals surface area contributed by atoms with Gasteiger partial charge in [0.15, 0.2) is 0 Å². The van der Waals surface area contributed by atoms with Crippen LogP contribution < -0.4 is 20.7 Å². The highest BCUT2D eigenvalue weighted by atomic mass is 35.5. The van der Waals surface area contributed by atoms with Crippen LogP contribution in [-0.2, 0) is 9.59 Å². The Hall–Kier alpha value is -4.19. The molecule has 4 rings (SSSR count). The van der Waals surface area contributed by atoms with Crippen molar-refractivity contribution in [2.75, 3.05) is 23.0 Å². The predicted octanol–water partition coefficient (Wildman–Crippen LogP) is 6.75. The molecule has 0 fully saturated rings. The molecule has 1 unspecified atom stereocenters. The molecule has 2 amide bonds. The average molecular weight is 573 g/mol. The number of hydrogen-bond donors (Lipinski definition) is 3. The number of dihydropyridines is 1. The predicted molar refractivity (Wildman–Crippen MR) is 161 cm³/mol. The van der Waals surface area contributed by atoms with Crippen molar-refractivity contribution in [3.63, 3.8) is 0 Å². The van der Waals surface area contributed by atoms with Gasteiger partial charge in [-0.2, -0.15) is 5.26 Å². The van der Waals surface area contributed by atoms with Gasteiger partial charge in [0.25, 0.3) is 5.91 Å². The van der Waals surface area contributed by atoms with Gasteiger partial charge in [-0.05, 0) is 56.7 Å². The van der Waals surface area contributed by atoms with E-state index in [0.717, 1.165) is 5.56 Å². The smallest absolute Gasteiger partial charge is 0.254 e. The molecule has 1 aliphatic heterocycles. The molecule has 3 N–H and O–H groups in total. The van der Waals surface area contributed by atoms with Gasteiger partial charge in [0.1, 0.15) is 5.75 Å². The Morgan fingerprint density at radius 1 is 1.02 bits per heavy atom. The number of rotatable bonds is 9. The van der Waals surface area contributed by atoms with Crippen molar-refractivity contribution in [2.24, 2.45) is 0 Å². The van der Waals surface area contributed by atoms with Crippen LogP contribution in [0.3, 0.4) is 0 Å². The van der Waals surface area contributed by atoms with E-state index < -0.39 is 5.92 Å². The topological polar surface area (TPSA) is 103 Å². The van der Waals surface area contributed by atoms with E-state index in [0.29, 0.717) is 56.2 Å². The number of carbonyl (C=O) groups excluding carboxylic acids is 2. The first-order valence-corrected chi connectivity index (χ1v) is 14.1. The first kappa shape index (κ1) is 28.8. The fourth-order valence-electron chi connectivity index (χ4n) is 4.43. The third kappa shape index (κ3) is 6.50. The third-order valence-corrected chi connectivity index (χ3v) is 7.77. The molecule has 0 bridgehead atoms. The van der Waals surface area contributed by atoms with E-state index in [1.54, 1.807) is 37.3 Å². The number of halogens is 1. The van der Waals surface area contributed by atoms with Crippen molar-refractivity contribution >= 4 is 46.6 Å². The molecule has 3 aromatic carbocycles. The highest BCUT2D eigenvalue weighted by Crippen LogP contribution is 2.44. The lowest BCUT2D eigenvalue weighted by Gasteiger charge is -2.30. The van der Waals surface area contributed by atoms with E-state index in [9.17, 15) is 14.9 Å². The lowest BCUT2D eigenvalue weighted by atomic mass is 9.81. The lowest BCUT2D eigenvalue weighted by Crippen LogP contribution is -2.31. The second kappa shape index (κ2) is 13.2. The fraction of sp³-hybridized carbons (Fsp3) is 0.194. The highest BCUT2D eigenvalue weighted by Gasteiger charge is 2.36. The molecular formula is C31H29ClN4O3S. The summed E-state index contributed by atoms with van der Waals surface area (Å²) in [4.78, 5) is 26.5. The molecule has 0 radical (unpaired) electrons. The van der Waals surface area contributed by atoms with Crippen molar-refractivity contribution in [3.8, 4) is 11.8 Å². The van der Waals surface area contributed by atoms with Gasteiger partial charge < -0.3 is 20.7 Å². The molecule has 0 aliphatic carbocycles. The van der Waals surface area contributed by atoms with Gasteiger partial charge in [-0.15, -0.1) is 0 Å². The minimum absolute atomic E-state index is 0.0398. The normalized spacial score (nSPS) is 14.7. The van der Waals surface area contributed by atoms with Gasteiger partial charge in [-0.3, -0.25) is 9.59 Å². The van der Waals surface area contributed by atoms with Crippen molar-refractivity contribution in [1.82, 2.24) is 5.32 Å². The zero-order chi connectivity index (χ0) is 28.6. The summed E-state index contributed by atoms with van der Waals surface area (Å²) in [6.45, 7) is 5.93. The number of anilines is 2. The number of amides is 2. The van der Waals surface area contributed by atoms with Crippen molar-refractivity contribution in [1.29, 1.82) is 5.26 Å². The quantitative estimate of drug-likeness (QED) is 0.262. The Kier molecular flexibility index (Phi) is 9.54. The number of ether oxygens (including phenoxy) is 1. The molecular weight excluding hydrogens is 544 g/mol. The summed E-state index contributed by atoms with van der Waals surface area (Å²) in [5, 5.41) is 20.5. The zero-order valence-electron chi connectivity index (χ0n) is 22.4. The Morgan fingerprint density at radius 3 is 2.48 bits per heavy atom. The number of thioether (sulfide) groups is 1. The summed E-state index contributed by atoms with van der Waals surface area (Å²) in [6.07, 6.45) is 0. The van der Waals surface area contributed by atoms with Crippen LogP contribution in [0, 0.1) is 18.3 Å². The van der Waals surface area contributed by atoms with Crippen LogP contribution in [0.1, 0.15) is 30.9 Å². The highest BCUT2D eigenvalue weighted by molar-refractivity contribution is 8.03. The zero-order valence-corrected chi connectivity index (χ0v) is 24.0. The SMILES string of the molecule is CCOc1ccccc1C1C(C#N)=C(SCC(=O)Nc2cccc(Cl)c2C)NC(C)=C1C(=O)Nc1ccccc1. The number of nitriles is 1. The standard InChI is InChI=1S/C31H29ClN4O3S/c1-4-39-26-16-9-8-13-22(26)29-23(17-33)31(40-18-27(37)36-25-15-10-14-24(32)19(25)2)34-20(3)28(29)30(38)35-21-11-6-5-7-12-21/h5-16,29,34H,4,18H2,1-3H3,(H,35,38)(H,36,37). The number of nitrogens with one attached hydrogen (secondary N) is 3. The van der Waals surface area contributed by atoms with Crippen molar-refractivity contribution < 1.29 is 14.3 Å². The number of allylic oxidation sites excluding steroid dienone is 2. The molecule has 1 heterocycles. The first-order valence-electron chi connectivity index (χ1n) is 12.7. The first-order chi connectivity index (χ1) is 19.3. The van der Waals surface area contributed by atoms with Crippen LogP contribution in [0.5, 0.6) is 5.75 Å². The van der Waals surface area contributed by atoms with Gasteiger partial charge >= 0.3 is 0 Å². The number of nitrogens with zero attached hydrogens (tertiary/aromatic N) is 1. The Balaban J connectivity index is 1.68. The molecule has 9 heteroatoms. The summed E-state index contributed by atoms with van der Waals surface area (Å²) < 4.78 is 5.90. The van der Waals surface area contributed by atoms with E-state index >= 15 is 0 Å². The van der Waals surface area contributed by atoms with Gasteiger partial charge in [-0.25, -0.2) is 0 Å². The Labute approximate surface area is 243 Å². The van der Waals surface area contributed by atoms with E-state index in [-0.39, 0.29) is 17.6 Å². The minimum atomic E-state index is -0.710. The van der Waals surface area contributed by atoms with Crippen LogP contribution in [0.15, 0.2) is 94.7 Å². The van der Waals surface area contributed by atoms with Gasteiger partial charge in [0, 0.05) is 33.2 Å². The molecule has 0 saturated carbocycles. The van der Waals surface area contributed by atoms with E-state index in [4.69, 9.17) is 16.3 Å². The minimum Gasteiger partial charge on any atom is -0.494 e. The van der Waals surface area contributed by atoms with Crippen molar-refractivity contribution in [2.45, 2.75) is 26.7 Å². The van der Waals surface area contributed by atoms with Crippen LogP contribution >= 0.6 is 23.4 Å². The fourth-order valence-corrected chi connectivity index (χ4v) is 5.50. The number of carbonyl (C=O) groups is 2. The van der Waals surface area contributed by atoms with Crippen LogP contribution in [0.4, 0.5) is 11.4 Å². The largest absolute Gasteiger partial charge is 0.494 e. The maximum atomic E-state index is 13.7. The number of benzene rings is 3. The van der Waals surface area contributed by atoms with Gasteiger partial charge in [-0.1, -0.05) is 65.8 Å². The van der Waals surface area contributed by atoms with E-state index in [2.05, 4.69) is 22.0 Å². The second-order valence-electron chi connectivity index (χ2n) is 8.99. The second-order valence-corrected chi connectivity index (χ2v) is 10.4. The van der Waals surface area contributed by atoms with E-state index in [1.165, 1.54) is 11.8 Å². The molecule has 3 aromatic rings. The Morgan fingerprint density at radius 2 is 1.75 bits per heavy atom. The average Bonchev–Trinajstić information content (AvgIpc) is 2.95. The maximum absolute atomic E-state index is 13.7. The maximum Gasteiger partial charge on any atom is 0.254 e. The molecule has 0 spiro atoms. The molecule has 204 valence electrons. The molecule has 0 aromatic heterocycles. The van der Waals surface area contributed by atoms with Crippen molar-refractivity contribution in [3.05, 3.63) is 111 Å².